The van der Waals surface area contributed by atoms with Crippen LogP contribution >= 0.6 is 15.9 Å². The summed E-state index contributed by atoms with van der Waals surface area (Å²) in [5.41, 5.74) is 7.65. The van der Waals surface area contributed by atoms with E-state index in [1.54, 1.807) is 12.1 Å². The lowest BCUT2D eigenvalue weighted by Gasteiger charge is -2.34. The number of rotatable bonds is 6. The fourth-order valence-corrected chi connectivity index (χ4v) is 3.58. The Morgan fingerprint density at radius 3 is 2.63 bits per heavy atom. The van der Waals surface area contributed by atoms with Gasteiger partial charge >= 0.3 is 0 Å². The molecule has 4 rings (SSSR count). The monoisotopic (exact) mass is 425 g/mol. The van der Waals surface area contributed by atoms with Crippen LogP contribution in [0, 0.1) is 0 Å². The zero-order valence-corrected chi connectivity index (χ0v) is 16.3. The molecule has 138 valence electrons. The van der Waals surface area contributed by atoms with E-state index in [4.69, 9.17) is 5.73 Å². The van der Waals surface area contributed by atoms with Gasteiger partial charge in [-0.3, -0.25) is 4.79 Å². The standard InChI is InChI=1S/C20H20BrN5O/c21-14-7-5-13(6-8-14)17(11-26-9-2-10-26)25-20-16-4-1-3-15(19(22)27)18(16)23-12-24-20/h1,3-8,12,17H,2,9-11H2,(H2,22,27)(H,23,24,25). The molecule has 1 atom stereocenters. The van der Waals surface area contributed by atoms with Gasteiger partial charge in [0.15, 0.2) is 0 Å². The number of benzene rings is 2. The number of carbonyl (C=O) groups excluding carboxylic acids is 1. The summed E-state index contributed by atoms with van der Waals surface area (Å²) < 4.78 is 1.05. The summed E-state index contributed by atoms with van der Waals surface area (Å²) in [5.74, 6) is 0.215. The van der Waals surface area contributed by atoms with E-state index in [9.17, 15) is 4.79 Å². The van der Waals surface area contributed by atoms with Gasteiger partial charge in [0, 0.05) is 16.4 Å². The second-order valence-corrected chi connectivity index (χ2v) is 7.61. The number of amides is 1. The lowest BCUT2D eigenvalue weighted by atomic mass is 10.0. The number of fused-ring (bicyclic) bond motifs is 1. The molecule has 0 spiro atoms. The molecule has 6 nitrogen and oxygen atoms in total. The van der Waals surface area contributed by atoms with Crippen LogP contribution in [0.5, 0.6) is 0 Å². The number of nitrogens with one attached hydrogen (secondary N) is 1. The topological polar surface area (TPSA) is 84.1 Å². The molecular weight excluding hydrogens is 406 g/mol. The number of carbonyl (C=O) groups is 1. The molecule has 0 radical (unpaired) electrons. The van der Waals surface area contributed by atoms with Crippen LogP contribution in [0.15, 0.2) is 53.3 Å². The Balaban J connectivity index is 1.71. The summed E-state index contributed by atoms with van der Waals surface area (Å²) in [4.78, 5) is 22.9. The number of hydrogen-bond acceptors (Lipinski definition) is 5. The van der Waals surface area contributed by atoms with Crippen LogP contribution in [0.25, 0.3) is 10.9 Å². The minimum atomic E-state index is -0.490. The molecule has 3 aromatic rings. The van der Waals surface area contributed by atoms with Gasteiger partial charge in [-0.2, -0.15) is 0 Å². The second-order valence-electron chi connectivity index (χ2n) is 6.69. The van der Waals surface area contributed by atoms with E-state index in [1.807, 2.05) is 18.2 Å². The average molecular weight is 426 g/mol. The first-order valence-corrected chi connectivity index (χ1v) is 9.69. The van der Waals surface area contributed by atoms with E-state index < -0.39 is 5.91 Å². The summed E-state index contributed by atoms with van der Waals surface area (Å²) >= 11 is 3.50. The predicted octanol–water partition coefficient (Wildman–Crippen LogP) is 3.35. The third-order valence-corrected chi connectivity index (χ3v) is 5.43. The van der Waals surface area contributed by atoms with Crippen molar-refractivity contribution in [1.29, 1.82) is 0 Å². The lowest BCUT2D eigenvalue weighted by Crippen LogP contribution is -2.41. The zero-order chi connectivity index (χ0) is 18.8. The number of anilines is 1. The molecule has 1 fully saturated rings. The highest BCUT2D eigenvalue weighted by Gasteiger charge is 2.22. The molecule has 0 bridgehead atoms. The summed E-state index contributed by atoms with van der Waals surface area (Å²) in [6, 6.07) is 13.8. The molecule has 27 heavy (non-hydrogen) atoms. The Bertz CT molecular complexity index is 972. The van der Waals surface area contributed by atoms with E-state index in [2.05, 4.69) is 48.2 Å². The van der Waals surface area contributed by atoms with Crippen LogP contribution < -0.4 is 11.1 Å². The predicted molar refractivity (Wildman–Crippen MR) is 110 cm³/mol. The van der Waals surface area contributed by atoms with Crippen LogP contribution in [-0.4, -0.2) is 40.4 Å². The van der Waals surface area contributed by atoms with Gasteiger partial charge in [-0.05, 0) is 49.3 Å². The molecule has 1 aliphatic heterocycles. The highest BCUT2D eigenvalue weighted by Crippen LogP contribution is 2.28. The molecule has 1 aromatic heterocycles. The molecular formula is C20H20BrN5O. The highest BCUT2D eigenvalue weighted by molar-refractivity contribution is 9.10. The molecule has 1 amide bonds. The number of aromatic nitrogens is 2. The number of likely N-dealkylation sites (tertiary alicyclic amines) is 1. The van der Waals surface area contributed by atoms with Crippen molar-refractivity contribution in [3.63, 3.8) is 0 Å². The Morgan fingerprint density at radius 2 is 1.96 bits per heavy atom. The minimum absolute atomic E-state index is 0.0775. The Labute approximate surface area is 165 Å². The second kappa shape index (κ2) is 7.62. The fraction of sp³-hybridized carbons (Fsp3) is 0.250. The van der Waals surface area contributed by atoms with Gasteiger partial charge < -0.3 is 16.0 Å². The van der Waals surface area contributed by atoms with Crippen molar-refractivity contribution in [1.82, 2.24) is 14.9 Å². The molecule has 1 unspecified atom stereocenters. The maximum atomic E-state index is 11.7. The van der Waals surface area contributed by atoms with Gasteiger partial charge in [-0.15, -0.1) is 0 Å². The van der Waals surface area contributed by atoms with Crippen LogP contribution in [0.2, 0.25) is 0 Å². The number of hydrogen-bond donors (Lipinski definition) is 2. The molecule has 1 aliphatic rings. The number of halogens is 1. The van der Waals surface area contributed by atoms with Gasteiger partial charge in [0.05, 0.1) is 17.1 Å². The Hall–Kier alpha value is -2.51. The molecule has 7 heteroatoms. The highest BCUT2D eigenvalue weighted by atomic mass is 79.9. The first kappa shape index (κ1) is 17.9. The SMILES string of the molecule is NC(=O)c1cccc2c(NC(CN3CCC3)c3ccc(Br)cc3)ncnc12. The first-order chi connectivity index (χ1) is 13.1. The number of nitrogens with two attached hydrogens (primary N) is 1. The minimum Gasteiger partial charge on any atom is -0.366 e. The van der Waals surface area contributed by atoms with Crippen molar-refractivity contribution in [2.45, 2.75) is 12.5 Å². The maximum absolute atomic E-state index is 11.7. The number of primary amides is 1. The third kappa shape index (κ3) is 3.79. The van der Waals surface area contributed by atoms with E-state index in [1.165, 1.54) is 18.3 Å². The van der Waals surface area contributed by atoms with E-state index in [0.717, 1.165) is 29.5 Å². The molecule has 3 N–H and O–H groups in total. The van der Waals surface area contributed by atoms with Crippen LogP contribution in [0.4, 0.5) is 5.82 Å². The van der Waals surface area contributed by atoms with E-state index in [-0.39, 0.29) is 6.04 Å². The molecule has 2 aromatic carbocycles. The van der Waals surface area contributed by atoms with Crippen molar-refractivity contribution in [2.75, 3.05) is 25.0 Å². The largest absolute Gasteiger partial charge is 0.366 e. The smallest absolute Gasteiger partial charge is 0.250 e. The lowest BCUT2D eigenvalue weighted by molar-refractivity contribution is 0.100. The number of nitrogens with zero attached hydrogens (tertiary/aromatic N) is 3. The van der Waals surface area contributed by atoms with Crippen LogP contribution in [0.1, 0.15) is 28.4 Å². The Morgan fingerprint density at radius 1 is 1.19 bits per heavy atom. The quantitative estimate of drug-likeness (QED) is 0.632. The van der Waals surface area contributed by atoms with Gasteiger partial charge in [0.1, 0.15) is 12.1 Å². The summed E-state index contributed by atoms with van der Waals surface area (Å²) in [6.45, 7) is 3.12. The van der Waals surface area contributed by atoms with Crippen molar-refractivity contribution >= 4 is 38.6 Å². The summed E-state index contributed by atoms with van der Waals surface area (Å²) in [6.07, 6.45) is 2.71. The Kier molecular flexibility index (Phi) is 5.05. The van der Waals surface area contributed by atoms with Crippen molar-refractivity contribution < 1.29 is 4.79 Å². The summed E-state index contributed by atoms with van der Waals surface area (Å²) in [5, 5.41) is 4.35. The van der Waals surface area contributed by atoms with Gasteiger partial charge in [0.2, 0.25) is 0 Å². The van der Waals surface area contributed by atoms with Crippen LogP contribution in [0.3, 0.4) is 0 Å². The van der Waals surface area contributed by atoms with Gasteiger partial charge in [0.25, 0.3) is 5.91 Å². The zero-order valence-electron chi connectivity index (χ0n) is 14.7. The summed E-state index contributed by atoms with van der Waals surface area (Å²) in [7, 11) is 0. The fourth-order valence-electron chi connectivity index (χ4n) is 3.32. The van der Waals surface area contributed by atoms with Crippen molar-refractivity contribution in [3.05, 3.63) is 64.4 Å². The van der Waals surface area contributed by atoms with Crippen molar-refractivity contribution in [3.8, 4) is 0 Å². The van der Waals surface area contributed by atoms with Crippen molar-refractivity contribution in [2.24, 2.45) is 5.73 Å². The molecule has 2 heterocycles. The molecule has 0 aliphatic carbocycles. The van der Waals surface area contributed by atoms with Crippen LogP contribution in [-0.2, 0) is 0 Å². The normalized spacial score (nSPS) is 15.3. The van der Waals surface area contributed by atoms with E-state index >= 15 is 0 Å². The maximum Gasteiger partial charge on any atom is 0.250 e. The molecule has 0 saturated carbocycles. The average Bonchev–Trinajstić information content (AvgIpc) is 2.64. The van der Waals surface area contributed by atoms with E-state index in [0.29, 0.717) is 16.9 Å². The number of para-hydroxylation sites is 1. The third-order valence-electron chi connectivity index (χ3n) is 4.90. The molecule has 1 saturated heterocycles. The first-order valence-electron chi connectivity index (χ1n) is 8.90. The van der Waals surface area contributed by atoms with Gasteiger partial charge in [-0.1, -0.05) is 34.1 Å². The van der Waals surface area contributed by atoms with Gasteiger partial charge in [-0.25, -0.2) is 9.97 Å².